The molecule has 1 aliphatic carbocycles. The van der Waals surface area contributed by atoms with Gasteiger partial charge in [-0.05, 0) is 50.3 Å². The highest BCUT2D eigenvalue weighted by molar-refractivity contribution is 7.96. The highest BCUT2D eigenvalue weighted by Gasteiger charge is 2.32. The standard InChI is InChI=1S/C18H22N4O3S/c1-4-22(5-2)16-11-10-15(19)17(20)18(16)26(24,25)14-8-6-13(7-9-14)21-12(3)23/h6-11,19-20H,4-5H2,1-3H3,(H,21,23). The number of benzene rings is 1. The first-order valence-electron chi connectivity index (χ1n) is 8.20. The molecule has 0 aliphatic heterocycles. The maximum absolute atomic E-state index is 13.2. The zero-order chi connectivity index (χ0) is 19.5. The van der Waals surface area contributed by atoms with Crippen LogP contribution in [0.5, 0.6) is 0 Å². The van der Waals surface area contributed by atoms with Crippen molar-refractivity contribution in [1.29, 1.82) is 10.8 Å². The number of nitrogens with one attached hydrogen (secondary N) is 3. The van der Waals surface area contributed by atoms with E-state index in [1.807, 2.05) is 18.7 Å². The number of nitrogens with zero attached hydrogens (tertiary/aromatic N) is 1. The normalized spacial score (nSPS) is 14.6. The minimum Gasteiger partial charge on any atom is -0.371 e. The second-order valence-electron chi connectivity index (χ2n) is 5.72. The first-order valence-corrected chi connectivity index (χ1v) is 9.68. The summed E-state index contributed by atoms with van der Waals surface area (Å²) in [5, 5.41) is 18.6. The Labute approximate surface area is 153 Å². The van der Waals surface area contributed by atoms with Crippen molar-refractivity contribution < 1.29 is 13.2 Å². The average molecular weight is 374 g/mol. The van der Waals surface area contributed by atoms with Crippen LogP contribution in [0.4, 0.5) is 5.69 Å². The molecule has 0 aromatic heterocycles. The molecule has 3 N–H and O–H groups in total. The molecule has 0 heterocycles. The summed E-state index contributed by atoms with van der Waals surface area (Å²) in [5.41, 5.74) is 0.442. The topological polar surface area (TPSA) is 114 Å². The molecule has 1 aromatic rings. The third-order valence-electron chi connectivity index (χ3n) is 3.99. The van der Waals surface area contributed by atoms with Gasteiger partial charge in [0.25, 0.3) is 0 Å². The van der Waals surface area contributed by atoms with E-state index in [0.717, 1.165) is 0 Å². The third-order valence-corrected chi connectivity index (χ3v) is 5.84. The number of hydrogen-bond donors (Lipinski definition) is 3. The molecule has 0 fully saturated rings. The molecule has 1 amide bonds. The Hall–Kier alpha value is -2.74. The molecule has 138 valence electrons. The minimum absolute atomic E-state index is 0.0131. The smallest absolute Gasteiger partial charge is 0.221 e. The molecule has 1 aliphatic rings. The van der Waals surface area contributed by atoms with E-state index in [-0.39, 0.29) is 27.1 Å². The van der Waals surface area contributed by atoms with Crippen molar-refractivity contribution >= 4 is 32.9 Å². The van der Waals surface area contributed by atoms with Crippen LogP contribution in [-0.4, -0.2) is 43.7 Å². The first-order chi connectivity index (χ1) is 12.2. The van der Waals surface area contributed by atoms with Crippen LogP contribution < -0.4 is 5.32 Å². The number of carbonyl (C=O) groups is 1. The minimum atomic E-state index is -4.00. The van der Waals surface area contributed by atoms with Crippen LogP contribution in [0.2, 0.25) is 0 Å². The van der Waals surface area contributed by atoms with Crippen LogP contribution in [0.3, 0.4) is 0 Å². The lowest BCUT2D eigenvalue weighted by atomic mass is 10.1. The van der Waals surface area contributed by atoms with Crippen LogP contribution in [0.15, 0.2) is 51.9 Å². The van der Waals surface area contributed by atoms with Gasteiger partial charge in [0.05, 0.1) is 16.3 Å². The predicted octanol–water partition coefficient (Wildman–Crippen LogP) is 2.58. The highest BCUT2D eigenvalue weighted by Crippen LogP contribution is 2.29. The molecule has 7 nitrogen and oxygen atoms in total. The Balaban J connectivity index is 2.59. The summed E-state index contributed by atoms with van der Waals surface area (Å²) in [7, 11) is -4.00. The van der Waals surface area contributed by atoms with Gasteiger partial charge in [0.1, 0.15) is 10.6 Å². The van der Waals surface area contributed by atoms with Crippen molar-refractivity contribution in [1.82, 2.24) is 4.90 Å². The highest BCUT2D eigenvalue weighted by atomic mass is 32.2. The SMILES string of the molecule is CCN(CC)C1=C(S(=O)(=O)c2ccc(NC(C)=O)cc2)C(=N)C(=N)C=C1. The van der Waals surface area contributed by atoms with Gasteiger partial charge in [-0.1, -0.05) is 0 Å². The molecular formula is C18H22N4O3S. The molecule has 0 spiro atoms. The van der Waals surface area contributed by atoms with Gasteiger partial charge in [-0.25, -0.2) is 8.42 Å². The summed E-state index contributed by atoms with van der Waals surface area (Å²) >= 11 is 0. The Morgan fingerprint density at radius 2 is 1.65 bits per heavy atom. The molecule has 1 aromatic carbocycles. The van der Waals surface area contributed by atoms with Crippen molar-refractivity contribution in [2.45, 2.75) is 25.7 Å². The van der Waals surface area contributed by atoms with E-state index in [9.17, 15) is 13.2 Å². The van der Waals surface area contributed by atoms with E-state index < -0.39 is 9.84 Å². The molecule has 2 rings (SSSR count). The average Bonchev–Trinajstić information content (AvgIpc) is 2.59. The molecule has 8 heteroatoms. The van der Waals surface area contributed by atoms with E-state index in [2.05, 4.69) is 5.32 Å². The number of rotatable bonds is 6. The number of amides is 1. The number of allylic oxidation sites excluding steroid dienone is 3. The summed E-state index contributed by atoms with van der Waals surface area (Å²) in [6.07, 6.45) is 3.01. The molecule has 0 saturated carbocycles. The third kappa shape index (κ3) is 3.75. The lowest BCUT2D eigenvalue weighted by molar-refractivity contribution is -0.114. The largest absolute Gasteiger partial charge is 0.371 e. The van der Waals surface area contributed by atoms with Gasteiger partial charge in [-0.3, -0.25) is 15.6 Å². The lowest BCUT2D eigenvalue weighted by Gasteiger charge is -2.27. The summed E-state index contributed by atoms with van der Waals surface area (Å²) in [6, 6.07) is 5.78. The fraction of sp³-hybridized carbons (Fsp3) is 0.278. The number of likely N-dealkylation sites (N-methyl/N-ethyl adjacent to an activating group) is 1. The van der Waals surface area contributed by atoms with Gasteiger partial charge in [-0.2, -0.15) is 0 Å². The maximum Gasteiger partial charge on any atom is 0.221 e. The van der Waals surface area contributed by atoms with E-state index in [1.54, 1.807) is 6.08 Å². The molecule has 0 saturated heterocycles. The molecular weight excluding hydrogens is 352 g/mol. The quantitative estimate of drug-likeness (QED) is 0.664. The summed E-state index contributed by atoms with van der Waals surface area (Å²) in [5.74, 6) is -0.250. The number of carbonyl (C=O) groups excluding carboxylic acids is 1. The molecule has 0 radical (unpaired) electrons. The Morgan fingerprint density at radius 3 is 2.15 bits per heavy atom. The van der Waals surface area contributed by atoms with E-state index >= 15 is 0 Å². The summed E-state index contributed by atoms with van der Waals surface area (Å²) in [4.78, 5) is 12.8. The van der Waals surface area contributed by atoms with Crippen molar-refractivity contribution in [3.8, 4) is 0 Å². The Bertz CT molecular complexity index is 908. The van der Waals surface area contributed by atoms with Crippen LogP contribution in [-0.2, 0) is 14.6 Å². The van der Waals surface area contributed by atoms with Gasteiger partial charge in [0, 0.05) is 25.7 Å². The lowest BCUT2D eigenvalue weighted by Crippen LogP contribution is -2.31. The van der Waals surface area contributed by atoms with Gasteiger partial charge in [-0.15, -0.1) is 0 Å². The fourth-order valence-electron chi connectivity index (χ4n) is 2.70. The second-order valence-corrected chi connectivity index (χ2v) is 7.60. The zero-order valence-corrected chi connectivity index (χ0v) is 15.8. The van der Waals surface area contributed by atoms with Gasteiger partial charge >= 0.3 is 0 Å². The molecule has 0 atom stereocenters. The van der Waals surface area contributed by atoms with Crippen LogP contribution in [0, 0.1) is 10.8 Å². The van der Waals surface area contributed by atoms with Crippen molar-refractivity contribution in [2.24, 2.45) is 0 Å². The first kappa shape index (κ1) is 19.6. The summed E-state index contributed by atoms with van der Waals surface area (Å²) in [6.45, 7) is 6.34. The van der Waals surface area contributed by atoms with E-state index in [0.29, 0.717) is 24.5 Å². The van der Waals surface area contributed by atoms with Crippen LogP contribution in [0.1, 0.15) is 20.8 Å². The van der Waals surface area contributed by atoms with E-state index in [1.165, 1.54) is 37.3 Å². The monoisotopic (exact) mass is 374 g/mol. The zero-order valence-electron chi connectivity index (χ0n) is 15.0. The van der Waals surface area contributed by atoms with Crippen LogP contribution in [0.25, 0.3) is 0 Å². The second kappa shape index (κ2) is 7.65. The van der Waals surface area contributed by atoms with Crippen molar-refractivity contribution in [2.75, 3.05) is 18.4 Å². The van der Waals surface area contributed by atoms with Gasteiger partial charge in [0.15, 0.2) is 0 Å². The number of sulfone groups is 1. The summed E-state index contributed by atoms with van der Waals surface area (Å²) < 4.78 is 26.4. The molecule has 26 heavy (non-hydrogen) atoms. The fourth-order valence-corrected chi connectivity index (χ4v) is 4.28. The van der Waals surface area contributed by atoms with Gasteiger partial charge in [0.2, 0.25) is 15.7 Å². The molecule has 0 unspecified atom stereocenters. The van der Waals surface area contributed by atoms with E-state index in [4.69, 9.17) is 10.8 Å². The van der Waals surface area contributed by atoms with Crippen molar-refractivity contribution in [3.05, 3.63) is 47.0 Å². The number of hydrogen-bond acceptors (Lipinski definition) is 6. The number of anilines is 1. The Morgan fingerprint density at radius 1 is 1.08 bits per heavy atom. The maximum atomic E-state index is 13.2. The predicted molar refractivity (Wildman–Crippen MR) is 102 cm³/mol. The van der Waals surface area contributed by atoms with Crippen LogP contribution >= 0.6 is 0 Å². The van der Waals surface area contributed by atoms with Crippen molar-refractivity contribution in [3.63, 3.8) is 0 Å². The molecule has 0 bridgehead atoms. The van der Waals surface area contributed by atoms with Gasteiger partial charge < -0.3 is 10.2 Å². The Kier molecular flexibility index (Phi) is 5.76.